The number of aryl methyl sites for hydroxylation is 1. The molecular formula is C21H24O2. The van der Waals surface area contributed by atoms with Crippen LogP contribution in [0.5, 0.6) is 11.5 Å². The average Bonchev–Trinajstić information content (AvgIpc) is 2.46. The third kappa shape index (κ3) is 2.86. The lowest BCUT2D eigenvalue weighted by Gasteiger charge is -2.35. The zero-order valence-corrected chi connectivity index (χ0v) is 14.3. The molecule has 2 nitrogen and oxygen atoms in total. The van der Waals surface area contributed by atoms with Crippen molar-refractivity contribution in [1.29, 1.82) is 0 Å². The second kappa shape index (κ2) is 5.77. The van der Waals surface area contributed by atoms with Gasteiger partial charge in [-0.2, -0.15) is 0 Å². The molecule has 0 atom stereocenters. The van der Waals surface area contributed by atoms with Crippen molar-refractivity contribution in [3.05, 3.63) is 53.1 Å². The van der Waals surface area contributed by atoms with Gasteiger partial charge in [0.25, 0.3) is 0 Å². The van der Waals surface area contributed by atoms with Crippen molar-refractivity contribution >= 4 is 6.08 Å². The molecule has 0 saturated carbocycles. The summed E-state index contributed by atoms with van der Waals surface area (Å²) in [5.41, 5.74) is 4.72. The number of hydrogen-bond acceptors (Lipinski definition) is 2. The topological polar surface area (TPSA) is 29.5 Å². The van der Waals surface area contributed by atoms with Crippen LogP contribution in [0.4, 0.5) is 0 Å². The minimum Gasteiger partial charge on any atom is -0.507 e. The Morgan fingerprint density at radius 2 is 1.96 bits per heavy atom. The molecule has 2 aromatic rings. The highest BCUT2D eigenvalue weighted by Crippen LogP contribution is 2.49. The molecular weight excluding hydrogens is 284 g/mol. The lowest BCUT2D eigenvalue weighted by atomic mass is 9.84. The van der Waals surface area contributed by atoms with E-state index in [2.05, 4.69) is 52.0 Å². The summed E-state index contributed by atoms with van der Waals surface area (Å²) in [5.74, 6) is 1.03. The fourth-order valence-corrected chi connectivity index (χ4v) is 3.17. The molecule has 0 radical (unpaired) electrons. The highest BCUT2D eigenvalue weighted by molar-refractivity contribution is 5.83. The van der Waals surface area contributed by atoms with Crippen LogP contribution >= 0.6 is 0 Å². The minimum atomic E-state index is -0.409. The maximum absolute atomic E-state index is 10.6. The molecule has 2 aromatic carbocycles. The predicted molar refractivity (Wildman–Crippen MR) is 95.9 cm³/mol. The lowest BCUT2D eigenvalue weighted by Crippen LogP contribution is -2.29. The first-order valence-corrected chi connectivity index (χ1v) is 8.26. The van der Waals surface area contributed by atoms with Crippen LogP contribution in [0.2, 0.25) is 0 Å². The Balaban J connectivity index is 2.16. The number of hydrogen-bond donors (Lipinski definition) is 1. The van der Waals surface area contributed by atoms with Gasteiger partial charge >= 0.3 is 0 Å². The van der Waals surface area contributed by atoms with Gasteiger partial charge < -0.3 is 9.84 Å². The van der Waals surface area contributed by atoms with E-state index >= 15 is 0 Å². The molecule has 1 aliphatic heterocycles. The fraction of sp³-hybridized carbons (Fsp3) is 0.333. The van der Waals surface area contributed by atoms with Crippen molar-refractivity contribution < 1.29 is 9.84 Å². The summed E-state index contributed by atoms with van der Waals surface area (Å²) < 4.78 is 6.22. The largest absolute Gasteiger partial charge is 0.507 e. The van der Waals surface area contributed by atoms with Crippen molar-refractivity contribution in [1.82, 2.24) is 0 Å². The summed E-state index contributed by atoms with van der Waals surface area (Å²) in [4.78, 5) is 0. The molecule has 0 aliphatic carbocycles. The van der Waals surface area contributed by atoms with Gasteiger partial charge in [-0.05, 0) is 50.5 Å². The summed E-state index contributed by atoms with van der Waals surface area (Å²) in [7, 11) is 0. The molecule has 0 amide bonds. The molecule has 0 bridgehead atoms. The number of ether oxygens (including phenoxy) is 1. The lowest BCUT2D eigenvalue weighted by molar-refractivity contribution is 0.105. The molecule has 3 rings (SSSR count). The van der Waals surface area contributed by atoms with Gasteiger partial charge in [-0.1, -0.05) is 49.3 Å². The van der Waals surface area contributed by atoms with E-state index < -0.39 is 5.60 Å². The first kappa shape index (κ1) is 15.7. The smallest absolute Gasteiger partial charge is 0.132 e. The third-order valence-corrected chi connectivity index (χ3v) is 4.33. The second-order valence-electron chi connectivity index (χ2n) is 6.77. The molecule has 0 aromatic heterocycles. The number of phenols is 1. The molecule has 1 aliphatic rings. The van der Waals surface area contributed by atoms with E-state index in [1.807, 2.05) is 18.2 Å². The molecule has 23 heavy (non-hydrogen) atoms. The zero-order chi connectivity index (χ0) is 16.6. The number of rotatable bonds is 3. The van der Waals surface area contributed by atoms with Gasteiger partial charge in [0, 0.05) is 5.56 Å². The molecule has 1 N–H and O–H groups in total. The van der Waals surface area contributed by atoms with Gasteiger partial charge in [-0.25, -0.2) is 0 Å². The SMILES string of the molecule is CCCC=Cc1cc(O)c2c(c1)OC(C)(C)c1ccc(C)cc1-2. The van der Waals surface area contributed by atoms with Crippen LogP contribution < -0.4 is 4.74 Å². The van der Waals surface area contributed by atoms with Crippen molar-refractivity contribution in [2.45, 2.75) is 46.1 Å². The van der Waals surface area contributed by atoms with Crippen molar-refractivity contribution in [3.8, 4) is 22.6 Å². The molecule has 0 spiro atoms. The van der Waals surface area contributed by atoms with Crippen molar-refractivity contribution in [3.63, 3.8) is 0 Å². The monoisotopic (exact) mass is 308 g/mol. The van der Waals surface area contributed by atoms with E-state index in [0.717, 1.165) is 40.8 Å². The quantitative estimate of drug-likeness (QED) is 0.775. The van der Waals surface area contributed by atoms with Gasteiger partial charge in [-0.15, -0.1) is 0 Å². The van der Waals surface area contributed by atoms with Crippen molar-refractivity contribution in [2.24, 2.45) is 0 Å². The summed E-state index contributed by atoms with van der Waals surface area (Å²) in [6, 6.07) is 10.2. The first-order chi connectivity index (χ1) is 10.9. The number of benzene rings is 2. The summed E-state index contributed by atoms with van der Waals surface area (Å²) in [6.07, 6.45) is 6.33. The van der Waals surface area contributed by atoms with Gasteiger partial charge in [0.2, 0.25) is 0 Å². The normalized spacial score (nSPS) is 15.1. The Kier molecular flexibility index (Phi) is 3.93. The standard InChI is InChI=1S/C21H24O2/c1-5-6-7-8-15-12-18(22)20-16-11-14(2)9-10-17(16)21(3,4)23-19(20)13-15/h7-13,22H,5-6H2,1-4H3. The number of allylic oxidation sites excluding steroid dienone is 1. The van der Waals surface area contributed by atoms with Gasteiger partial charge in [0.15, 0.2) is 0 Å². The van der Waals surface area contributed by atoms with E-state index in [1.165, 1.54) is 5.56 Å². The number of aromatic hydroxyl groups is 1. The van der Waals surface area contributed by atoms with Crippen LogP contribution in [-0.4, -0.2) is 5.11 Å². The summed E-state index contributed by atoms with van der Waals surface area (Å²) in [5, 5.41) is 10.6. The Labute approximate surface area is 138 Å². The third-order valence-electron chi connectivity index (χ3n) is 4.33. The number of unbranched alkanes of at least 4 members (excludes halogenated alkanes) is 1. The number of fused-ring (bicyclic) bond motifs is 3. The van der Waals surface area contributed by atoms with E-state index in [4.69, 9.17) is 4.74 Å². The molecule has 120 valence electrons. The first-order valence-electron chi connectivity index (χ1n) is 8.26. The van der Waals surface area contributed by atoms with Crippen LogP contribution in [0.25, 0.3) is 17.2 Å². The van der Waals surface area contributed by atoms with Gasteiger partial charge in [0.05, 0.1) is 5.56 Å². The van der Waals surface area contributed by atoms with Crippen LogP contribution in [0, 0.1) is 6.92 Å². The Morgan fingerprint density at radius 3 is 2.70 bits per heavy atom. The fourth-order valence-electron chi connectivity index (χ4n) is 3.17. The Bertz CT molecular complexity index is 770. The van der Waals surface area contributed by atoms with Gasteiger partial charge in [0.1, 0.15) is 17.1 Å². The molecule has 1 heterocycles. The van der Waals surface area contributed by atoms with E-state index in [1.54, 1.807) is 0 Å². The van der Waals surface area contributed by atoms with Crippen LogP contribution in [0.15, 0.2) is 36.4 Å². The van der Waals surface area contributed by atoms with E-state index in [9.17, 15) is 5.11 Å². The number of phenolic OH excluding ortho intramolecular Hbond substituents is 1. The molecule has 0 saturated heterocycles. The molecule has 0 unspecified atom stereocenters. The van der Waals surface area contributed by atoms with Crippen LogP contribution in [0.3, 0.4) is 0 Å². The van der Waals surface area contributed by atoms with Crippen LogP contribution in [0.1, 0.15) is 50.3 Å². The molecule has 0 fully saturated rings. The minimum absolute atomic E-state index is 0.279. The Hall–Kier alpha value is -2.22. The van der Waals surface area contributed by atoms with Gasteiger partial charge in [-0.3, -0.25) is 0 Å². The van der Waals surface area contributed by atoms with Crippen LogP contribution in [-0.2, 0) is 5.60 Å². The summed E-state index contributed by atoms with van der Waals surface area (Å²) >= 11 is 0. The van der Waals surface area contributed by atoms with E-state index in [-0.39, 0.29) is 5.75 Å². The zero-order valence-electron chi connectivity index (χ0n) is 14.3. The predicted octanol–water partition coefficient (Wildman–Crippen LogP) is 5.81. The average molecular weight is 308 g/mol. The van der Waals surface area contributed by atoms with Crippen molar-refractivity contribution in [2.75, 3.05) is 0 Å². The highest BCUT2D eigenvalue weighted by atomic mass is 16.5. The van der Waals surface area contributed by atoms with E-state index in [0.29, 0.717) is 0 Å². The Morgan fingerprint density at radius 1 is 1.17 bits per heavy atom. The second-order valence-corrected chi connectivity index (χ2v) is 6.77. The summed E-state index contributed by atoms with van der Waals surface area (Å²) in [6.45, 7) is 8.36. The highest BCUT2D eigenvalue weighted by Gasteiger charge is 2.34. The molecule has 2 heteroatoms. The maximum Gasteiger partial charge on any atom is 0.132 e. The maximum atomic E-state index is 10.6.